The zero-order valence-electron chi connectivity index (χ0n) is 18.0. The first-order chi connectivity index (χ1) is 16.4. The van der Waals surface area contributed by atoms with Crippen molar-refractivity contribution in [3.8, 4) is 17.0 Å². The Balaban J connectivity index is 1.66. The topological polar surface area (TPSA) is 89.6 Å². The van der Waals surface area contributed by atoms with E-state index in [9.17, 15) is 18.4 Å². The molecule has 0 aliphatic heterocycles. The van der Waals surface area contributed by atoms with Gasteiger partial charge in [-0.2, -0.15) is 0 Å². The molecule has 1 aromatic heterocycles. The molecular weight excluding hydrogens is 444 g/mol. The number of anilines is 2. The fourth-order valence-electron chi connectivity index (χ4n) is 3.20. The highest BCUT2D eigenvalue weighted by atomic mass is 19.1. The molecule has 2 amide bonds. The third-order valence-corrected chi connectivity index (χ3v) is 4.86. The van der Waals surface area contributed by atoms with Crippen LogP contribution in [0.2, 0.25) is 0 Å². The lowest BCUT2D eigenvalue weighted by atomic mass is 10.1. The minimum absolute atomic E-state index is 0.0356. The number of benzene rings is 3. The van der Waals surface area contributed by atoms with Gasteiger partial charge in [0, 0.05) is 22.7 Å². The summed E-state index contributed by atoms with van der Waals surface area (Å²) in [7, 11) is 1.25. The summed E-state index contributed by atoms with van der Waals surface area (Å²) in [5.41, 5.74) is 2.10. The van der Waals surface area contributed by atoms with E-state index in [0.717, 1.165) is 0 Å². The first kappa shape index (κ1) is 22.7. The maximum atomic E-state index is 13.8. The molecule has 0 aliphatic rings. The van der Waals surface area contributed by atoms with Gasteiger partial charge in [0.05, 0.1) is 24.0 Å². The van der Waals surface area contributed by atoms with Crippen LogP contribution >= 0.6 is 0 Å². The van der Waals surface area contributed by atoms with Crippen LogP contribution in [0.1, 0.15) is 0 Å². The summed E-state index contributed by atoms with van der Waals surface area (Å²) >= 11 is 0. The zero-order chi connectivity index (χ0) is 24.1. The van der Waals surface area contributed by atoms with Crippen molar-refractivity contribution in [2.45, 2.75) is 0 Å². The van der Waals surface area contributed by atoms with Gasteiger partial charge in [-0.15, -0.1) is 0 Å². The Kier molecular flexibility index (Phi) is 6.63. The van der Waals surface area contributed by atoms with E-state index < -0.39 is 17.8 Å². The van der Waals surface area contributed by atoms with E-state index in [0.29, 0.717) is 33.6 Å². The minimum Gasteiger partial charge on any atom is -0.481 e. The molecule has 4 rings (SSSR count). The lowest BCUT2D eigenvalue weighted by molar-refractivity contribution is -0.142. The molecule has 0 unspecified atom stereocenters. The second kappa shape index (κ2) is 9.95. The molecule has 4 aromatic rings. The average Bonchev–Trinajstić information content (AvgIpc) is 2.84. The van der Waals surface area contributed by atoms with Gasteiger partial charge in [0.15, 0.2) is 6.61 Å². The van der Waals surface area contributed by atoms with Crippen LogP contribution in [0.25, 0.3) is 22.2 Å². The highest BCUT2D eigenvalue weighted by Crippen LogP contribution is 2.32. The number of rotatable bonds is 6. The van der Waals surface area contributed by atoms with Gasteiger partial charge in [0.2, 0.25) is 0 Å². The summed E-state index contributed by atoms with van der Waals surface area (Å²) in [5.74, 6) is -1.21. The van der Waals surface area contributed by atoms with Crippen LogP contribution in [0.15, 0.2) is 72.8 Å². The van der Waals surface area contributed by atoms with E-state index in [1.807, 2.05) is 0 Å². The van der Waals surface area contributed by atoms with Gasteiger partial charge in [-0.25, -0.2) is 23.4 Å². The molecule has 172 valence electrons. The maximum absolute atomic E-state index is 13.8. The first-order valence-corrected chi connectivity index (χ1v) is 10.2. The number of nitrogens with one attached hydrogen (secondary N) is 2. The van der Waals surface area contributed by atoms with E-state index >= 15 is 0 Å². The Labute approximate surface area is 193 Å². The minimum atomic E-state index is -0.641. The number of ether oxygens (including phenoxy) is 2. The van der Waals surface area contributed by atoms with Gasteiger partial charge in [-0.1, -0.05) is 12.1 Å². The molecule has 0 saturated carbocycles. The number of fused-ring (bicyclic) bond motifs is 1. The predicted molar refractivity (Wildman–Crippen MR) is 124 cm³/mol. The number of esters is 1. The van der Waals surface area contributed by atoms with Gasteiger partial charge < -0.3 is 20.1 Å². The molecule has 0 radical (unpaired) electrons. The number of para-hydroxylation sites is 1. The van der Waals surface area contributed by atoms with Crippen LogP contribution in [0.3, 0.4) is 0 Å². The Morgan fingerprint density at radius 2 is 1.71 bits per heavy atom. The van der Waals surface area contributed by atoms with Gasteiger partial charge in [0.25, 0.3) is 0 Å². The second-order valence-electron chi connectivity index (χ2n) is 7.17. The van der Waals surface area contributed by atoms with Crippen LogP contribution in [0, 0.1) is 11.6 Å². The predicted octanol–water partition coefficient (Wildman–Crippen LogP) is 5.38. The molecule has 2 N–H and O–H groups in total. The number of urea groups is 1. The van der Waals surface area contributed by atoms with Crippen LogP contribution in [0.4, 0.5) is 25.0 Å². The number of hydrogen-bond acceptors (Lipinski definition) is 5. The Morgan fingerprint density at radius 3 is 2.44 bits per heavy atom. The number of hydrogen-bond donors (Lipinski definition) is 2. The van der Waals surface area contributed by atoms with Crippen molar-refractivity contribution in [3.63, 3.8) is 0 Å². The van der Waals surface area contributed by atoms with Crippen molar-refractivity contribution < 1.29 is 27.8 Å². The fourth-order valence-corrected chi connectivity index (χ4v) is 3.20. The van der Waals surface area contributed by atoms with Crippen LogP contribution < -0.4 is 15.4 Å². The monoisotopic (exact) mass is 463 g/mol. The molecule has 3 aromatic carbocycles. The number of nitrogens with zero attached hydrogens (tertiary/aromatic N) is 1. The van der Waals surface area contributed by atoms with E-state index in [4.69, 9.17) is 4.74 Å². The lowest BCUT2D eigenvalue weighted by Gasteiger charge is -2.13. The summed E-state index contributed by atoms with van der Waals surface area (Å²) in [6, 6.07) is 17.5. The Morgan fingerprint density at radius 1 is 0.941 bits per heavy atom. The highest BCUT2D eigenvalue weighted by molar-refractivity contribution is 6.01. The Hall–Kier alpha value is -4.53. The number of halogens is 2. The SMILES string of the molecule is COC(=O)COc1cc(-c2ccc(F)cc2)nc2ccc(NC(=O)Nc3ccccc3F)cc12. The summed E-state index contributed by atoms with van der Waals surface area (Å²) in [6.07, 6.45) is 0. The molecule has 0 aliphatic carbocycles. The molecular formula is C25H19F2N3O4. The summed E-state index contributed by atoms with van der Waals surface area (Å²) in [4.78, 5) is 28.6. The van der Waals surface area contributed by atoms with Crippen molar-refractivity contribution in [1.82, 2.24) is 4.98 Å². The summed E-state index contributed by atoms with van der Waals surface area (Å²) < 4.78 is 37.4. The number of aromatic nitrogens is 1. The van der Waals surface area contributed by atoms with E-state index in [-0.39, 0.29) is 18.1 Å². The molecule has 0 spiro atoms. The summed E-state index contributed by atoms with van der Waals surface area (Å²) in [5, 5.41) is 5.59. The molecule has 0 saturated heterocycles. The maximum Gasteiger partial charge on any atom is 0.343 e. The lowest BCUT2D eigenvalue weighted by Crippen LogP contribution is -2.20. The smallest absolute Gasteiger partial charge is 0.343 e. The Bertz CT molecular complexity index is 1360. The van der Waals surface area contributed by atoms with Crippen molar-refractivity contribution in [3.05, 3.63) is 84.4 Å². The average molecular weight is 463 g/mol. The molecule has 0 fully saturated rings. The first-order valence-electron chi connectivity index (χ1n) is 10.2. The van der Waals surface area contributed by atoms with Gasteiger partial charge in [-0.3, -0.25) is 0 Å². The number of carbonyl (C=O) groups is 2. The standard InChI is InChI=1S/C25H19F2N3O4/c1-33-24(31)14-34-23-13-22(15-6-8-16(26)9-7-15)29-20-11-10-17(12-18(20)23)28-25(32)30-21-5-3-2-4-19(21)27/h2-13H,14H2,1H3,(H2,28,30,32). The molecule has 1 heterocycles. The van der Waals surface area contributed by atoms with Gasteiger partial charge in [-0.05, 0) is 54.6 Å². The zero-order valence-corrected chi connectivity index (χ0v) is 18.0. The van der Waals surface area contributed by atoms with Crippen molar-refractivity contribution in [2.24, 2.45) is 0 Å². The molecule has 0 atom stereocenters. The van der Waals surface area contributed by atoms with E-state index in [1.54, 1.807) is 42.5 Å². The normalized spacial score (nSPS) is 10.6. The number of carbonyl (C=O) groups excluding carboxylic acids is 2. The second-order valence-corrected chi connectivity index (χ2v) is 7.17. The quantitative estimate of drug-likeness (QED) is 0.375. The third-order valence-electron chi connectivity index (χ3n) is 4.86. The molecule has 34 heavy (non-hydrogen) atoms. The van der Waals surface area contributed by atoms with Crippen LogP contribution in [-0.2, 0) is 9.53 Å². The molecule has 7 nitrogen and oxygen atoms in total. The van der Waals surface area contributed by atoms with Crippen molar-refractivity contribution in [1.29, 1.82) is 0 Å². The van der Waals surface area contributed by atoms with Crippen molar-refractivity contribution in [2.75, 3.05) is 24.4 Å². The van der Waals surface area contributed by atoms with Crippen molar-refractivity contribution >= 4 is 34.3 Å². The van der Waals surface area contributed by atoms with Gasteiger partial charge >= 0.3 is 12.0 Å². The highest BCUT2D eigenvalue weighted by Gasteiger charge is 2.13. The van der Waals surface area contributed by atoms with Gasteiger partial charge in [0.1, 0.15) is 17.4 Å². The van der Waals surface area contributed by atoms with E-state index in [1.165, 1.54) is 37.4 Å². The fraction of sp³-hybridized carbons (Fsp3) is 0.0800. The van der Waals surface area contributed by atoms with E-state index in [2.05, 4.69) is 20.4 Å². The summed E-state index contributed by atoms with van der Waals surface area (Å²) in [6.45, 7) is -0.343. The largest absolute Gasteiger partial charge is 0.481 e. The molecule has 0 bridgehead atoms. The number of amides is 2. The number of methoxy groups -OCH3 is 1. The number of pyridine rings is 1. The third kappa shape index (κ3) is 5.26. The van der Waals surface area contributed by atoms with Crippen LogP contribution in [-0.4, -0.2) is 30.7 Å². The molecule has 9 heteroatoms. The van der Waals surface area contributed by atoms with Crippen LogP contribution in [0.5, 0.6) is 5.75 Å².